The summed E-state index contributed by atoms with van der Waals surface area (Å²) in [5.41, 5.74) is 5.25. The van der Waals surface area contributed by atoms with Crippen molar-refractivity contribution < 1.29 is 0 Å². The molecule has 0 aliphatic heterocycles. The molecule has 1 N–H and O–H groups in total. The number of aromatic nitrogens is 1. The van der Waals surface area contributed by atoms with Gasteiger partial charge in [0.25, 0.3) is 0 Å². The van der Waals surface area contributed by atoms with Crippen LogP contribution in [0.1, 0.15) is 50.2 Å². The molecule has 1 heterocycles. The van der Waals surface area contributed by atoms with E-state index in [0.29, 0.717) is 6.04 Å². The zero-order valence-corrected chi connectivity index (χ0v) is 13.0. The lowest BCUT2D eigenvalue weighted by atomic mass is 9.79. The molecule has 1 aliphatic rings. The Labute approximate surface area is 127 Å². The van der Waals surface area contributed by atoms with Gasteiger partial charge in [-0.3, -0.25) is 4.98 Å². The lowest BCUT2D eigenvalue weighted by Gasteiger charge is -2.26. The molecule has 0 spiro atoms. The summed E-state index contributed by atoms with van der Waals surface area (Å²) in [6.45, 7) is 5.21. The quantitative estimate of drug-likeness (QED) is 0.871. The molecule has 2 heteroatoms. The second kappa shape index (κ2) is 6.40. The Hall–Kier alpha value is -1.67. The summed E-state index contributed by atoms with van der Waals surface area (Å²) in [6.07, 6.45) is 8.00. The lowest BCUT2D eigenvalue weighted by molar-refractivity contribution is 0.420. The fourth-order valence-electron chi connectivity index (χ4n) is 2.78. The van der Waals surface area contributed by atoms with Crippen LogP contribution in [-0.2, 0) is 6.54 Å². The molecule has 110 valence electrons. The third-order valence-corrected chi connectivity index (χ3v) is 4.31. The molecule has 21 heavy (non-hydrogen) atoms. The summed E-state index contributed by atoms with van der Waals surface area (Å²) in [6, 6.07) is 11.7. The van der Waals surface area contributed by atoms with Crippen molar-refractivity contribution in [3.05, 3.63) is 53.9 Å². The summed E-state index contributed by atoms with van der Waals surface area (Å²) < 4.78 is 0. The molecule has 1 aliphatic carbocycles. The van der Waals surface area contributed by atoms with Gasteiger partial charge in [0.05, 0.1) is 0 Å². The van der Waals surface area contributed by atoms with Crippen molar-refractivity contribution in [3.8, 4) is 11.1 Å². The Morgan fingerprint density at radius 3 is 2.71 bits per heavy atom. The van der Waals surface area contributed by atoms with Gasteiger partial charge in [-0.2, -0.15) is 0 Å². The van der Waals surface area contributed by atoms with E-state index in [1.165, 1.54) is 41.5 Å². The molecule has 0 bridgehead atoms. The number of nitrogens with one attached hydrogen (secondary N) is 1. The van der Waals surface area contributed by atoms with Crippen LogP contribution in [0.4, 0.5) is 0 Å². The van der Waals surface area contributed by atoms with Crippen LogP contribution in [0, 0.1) is 0 Å². The van der Waals surface area contributed by atoms with Gasteiger partial charge >= 0.3 is 0 Å². The molecule has 0 unspecified atom stereocenters. The van der Waals surface area contributed by atoms with Crippen LogP contribution in [0.25, 0.3) is 11.1 Å². The second-order valence-corrected chi connectivity index (χ2v) is 6.37. The fourth-order valence-corrected chi connectivity index (χ4v) is 2.78. The number of rotatable bonds is 5. The molecule has 1 aromatic carbocycles. The average molecular weight is 280 g/mol. The number of benzene rings is 1. The minimum Gasteiger partial charge on any atom is -0.310 e. The maximum atomic E-state index is 4.41. The van der Waals surface area contributed by atoms with Gasteiger partial charge in [-0.25, -0.2) is 0 Å². The van der Waals surface area contributed by atoms with Gasteiger partial charge in [0, 0.05) is 30.5 Å². The molecule has 0 saturated heterocycles. The normalized spacial score (nSPS) is 15.2. The first-order chi connectivity index (χ1) is 10.2. The molecule has 1 aromatic heterocycles. The van der Waals surface area contributed by atoms with Crippen molar-refractivity contribution in [2.45, 2.75) is 51.6 Å². The van der Waals surface area contributed by atoms with Gasteiger partial charge < -0.3 is 5.32 Å². The summed E-state index contributed by atoms with van der Waals surface area (Å²) >= 11 is 0. The van der Waals surface area contributed by atoms with E-state index in [2.05, 4.69) is 54.5 Å². The van der Waals surface area contributed by atoms with Gasteiger partial charge in [-0.05, 0) is 41.5 Å². The molecular formula is C19H24N2. The summed E-state index contributed by atoms with van der Waals surface area (Å²) in [5.74, 6) is 0.781. The third kappa shape index (κ3) is 3.51. The van der Waals surface area contributed by atoms with E-state index in [1.807, 2.05) is 12.4 Å². The van der Waals surface area contributed by atoms with Crippen LogP contribution in [0.3, 0.4) is 0 Å². The second-order valence-electron chi connectivity index (χ2n) is 6.37. The van der Waals surface area contributed by atoms with Crippen LogP contribution in [0.2, 0.25) is 0 Å². The Morgan fingerprint density at radius 2 is 2.00 bits per heavy atom. The van der Waals surface area contributed by atoms with Gasteiger partial charge in [0.1, 0.15) is 0 Å². The summed E-state index contributed by atoms with van der Waals surface area (Å²) in [7, 11) is 0. The summed E-state index contributed by atoms with van der Waals surface area (Å²) in [5, 5.41) is 3.45. The number of nitrogens with zero attached hydrogens (tertiary/aromatic N) is 1. The monoisotopic (exact) mass is 280 g/mol. The van der Waals surface area contributed by atoms with E-state index in [0.717, 1.165) is 12.5 Å². The molecular weight excluding hydrogens is 256 g/mol. The van der Waals surface area contributed by atoms with Crippen molar-refractivity contribution in [3.63, 3.8) is 0 Å². The zero-order chi connectivity index (χ0) is 14.7. The average Bonchev–Trinajstić information content (AvgIpc) is 2.44. The largest absolute Gasteiger partial charge is 0.310 e. The van der Waals surface area contributed by atoms with Crippen molar-refractivity contribution >= 4 is 0 Å². The first-order valence-electron chi connectivity index (χ1n) is 8.00. The van der Waals surface area contributed by atoms with Crippen molar-refractivity contribution in [1.29, 1.82) is 0 Å². The van der Waals surface area contributed by atoms with Crippen molar-refractivity contribution in [1.82, 2.24) is 10.3 Å². The number of hydrogen-bond donors (Lipinski definition) is 1. The van der Waals surface area contributed by atoms with Crippen LogP contribution in [0.15, 0.2) is 42.7 Å². The van der Waals surface area contributed by atoms with Crippen molar-refractivity contribution in [2.24, 2.45) is 0 Å². The smallest absolute Gasteiger partial charge is 0.0346 e. The summed E-state index contributed by atoms with van der Waals surface area (Å²) in [4.78, 5) is 4.41. The number of pyridine rings is 1. The highest BCUT2D eigenvalue weighted by atomic mass is 14.9. The third-order valence-electron chi connectivity index (χ3n) is 4.31. The first kappa shape index (κ1) is 14.3. The van der Waals surface area contributed by atoms with Crippen LogP contribution >= 0.6 is 0 Å². The van der Waals surface area contributed by atoms with Crippen LogP contribution in [0.5, 0.6) is 0 Å². The van der Waals surface area contributed by atoms with Gasteiger partial charge in [-0.1, -0.05) is 44.5 Å². The predicted molar refractivity (Wildman–Crippen MR) is 88.2 cm³/mol. The fraction of sp³-hybridized carbons (Fsp3) is 0.421. The van der Waals surface area contributed by atoms with Crippen LogP contribution < -0.4 is 5.32 Å². The molecule has 1 fully saturated rings. The zero-order valence-electron chi connectivity index (χ0n) is 13.0. The predicted octanol–water partition coefficient (Wildman–Crippen LogP) is 4.51. The maximum absolute atomic E-state index is 4.41. The molecule has 2 nitrogen and oxygen atoms in total. The lowest BCUT2D eigenvalue weighted by Crippen LogP contribution is -2.21. The Bertz CT molecular complexity index is 600. The van der Waals surface area contributed by atoms with E-state index in [9.17, 15) is 0 Å². The SMILES string of the molecule is CC(C)NCc1cncc(-c2cccc(C3CCC3)c2)c1. The highest BCUT2D eigenvalue weighted by Crippen LogP contribution is 2.37. The van der Waals surface area contributed by atoms with E-state index in [4.69, 9.17) is 0 Å². The molecule has 0 radical (unpaired) electrons. The minimum absolute atomic E-state index is 0.496. The molecule has 0 atom stereocenters. The van der Waals surface area contributed by atoms with Crippen molar-refractivity contribution in [2.75, 3.05) is 0 Å². The first-order valence-corrected chi connectivity index (χ1v) is 8.00. The minimum atomic E-state index is 0.496. The van der Waals surface area contributed by atoms with Gasteiger partial charge in [-0.15, -0.1) is 0 Å². The Kier molecular flexibility index (Phi) is 4.35. The van der Waals surface area contributed by atoms with Gasteiger partial charge in [0.2, 0.25) is 0 Å². The van der Waals surface area contributed by atoms with Gasteiger partial charge in [0.15, 0.2) is 0 Å². The Balaban J connectivity index is 1.81. The van der Waals surface area contributed by atoms with Crippen LogP contribution in [-0.4, -0.2) is 11.0 Å². The highest BCUT2D eigenvalue weighted by Gasteiger charge is 2.19. The Morgan fingerprint density at radius 1 is 1.14 bits per heavy atom. The molecule has 0 amide bonds. The van der Waals surface area contributed by atoms with E-state index in [-0.39, 0.29) is 0 Å². The van der Waals surface area contributed by atoms with E-state index in [1.54, 1.807) is 0 Å². The standard InChI is InChI=1S/C19H24N2/c1-14(2)21-12-15-9-19(13-20-11-15)18-8-4-7-17(10-18)16-5-3-6-16/h4,7-11,13-14,16,21H,3,5-6,12H2,1-2H3. The highest BCUT2D eigenvalue weighted by molar-refractivity contribution is 5.64. The van der Waals surface area contributed by atoms with E-state index >= 15 is 0 Å². The topological polar surface area (TPSA) is 24.9 Å². The maximum Gasteiger partial charge on any atom is 0.0346 e. The van der Waals surface area contributed by atoms with E-state index < -0.39 is 0 Å². The number of hydrogen-bond acceptors (Lipinski definition) is 2. The molecule has 2 aromatic rings. The molecule has 1 saturated carbocycles. The molecule has 3 rings (SSSR count).